The number of aromatic amines is 1. The fourth-order valence-electron chi connectivity index (χ4n) is 3.96. The zero-order valence-corrected chi connectivity index (χ0v) is 17.2. The molecule has 4 aromatic rings. The van der Waals surface area contributed by atoms with Crippen molar-refractivity contribution in [1.82, 2.24) is 14.8 Å². The van der Waals surface area contributed by atoms with Crippen LogP contribution in [0.5, 0.6) is 0 Å². The number of H-pyrrole nitrogens is 1. The van der Waals surface area contributed by atoms with Gasteiger partial charge in [-0.1, -0.05) is 35.6 Å². The summed E-state index contributed by atoms with van der Waals surface area (Å²) in [5.74, 6) is -1.49. The number of aromatic nitrogens is 3. The maximum atomic E-state index is 13.2. The van der Waals surface area contributed by atoms with Crippen LogP contribution in [-0.2, 0) is 9.59 Å². The lowest BCUT2D eigenvalue weighted by molar-refractivity contribution is -0.121. The summed E-state index contributed by atoms with van der Waals surface area (Å²) in [6.07, 6.45) is -0.0272. The Balaban J connectivity index is 1.56. The predicted molar refractivity (Wildman–Crippen MR) is 115 cm³/mol. The van der Waals surface area contributed by atoms with Gasteiger partial charge in [-0.25, -0.2) is 9.88 Å². The second-order valence-electron chi connectivity index (χ2n) is 7.42. The van der Waals surface area contributed by atoms with Crippen molar-refractivity contribution in [2.24, 2.45) is 0 Å². The molecule has 7 nitrogen and oxygen atoms in total. The molecule has 0 unspecified atom stereocenters. The van der Waals surface area contributed by atoms with Crippen LogP contribution in [0.2, 0.25) is 0 Å². The third-order valence-electron chi connectivity index (χ3n) is 5.35. The summed E-state index contributed by atoms with van der Waals surface area (Å²) in [5, 5.41) is 3.54. The number of benzene rings is 2. The summed E-state index contributed by atoms with van der Waals surface area (Å²) in [7, 11) is 0. The average Bonchev–Trinajstić information content (AvgIpc) is 3.35. The van der Waals surface area contributed by atoms with Gasteiger partial charge in [0.2, 0.25) is 16.9 Å². The van der Waals surface area contributed by atoms with Crippen LogP contribution in [0.25, 0.3) is 15.3 Å². The normalized spacial score (nSPS) is 16.7. The smallest absolute Gasteiger partial charge is 0.277 e. The molecule has 2 amide bonds. The SMILES string of the molecule is Cc1cccc(N2C(=O)C[C@@H](c3c(C)[nH]n(-c4nc5ccccc5s4)c3=O)C2=O)c1. The third kappa shape index (κ3) is 2.80. The molecule has 0 radical (unpaired) electrons. The number of nitrogens with one attached hydrogen (secondary N) is 1. The fourth-order valence-corrected chi connectivity index (χ4v) is 4.88. The monoisotopic (exact) mass is 418 g/mol. The van der Waals surface area contributed by atoms with Crippen LogP contribution >= 0.6 is 11.3 Å². The van der Waals surface area contributed by atoms with E-state index in [0.29, 0.717) is 22.1 Å². The van der Waals surface area contributed by atoms with E-state index in [9.17, 15) is 14.4 Å². The number of imide groups is 1. The third-order valence-corrected chi connectivity index (χ3v) is 6.37. The number of hydrogen-bond acceptors (Lipinski definition) is 5. The highest BCUT2D eigenvalue weighted by Gasteiger charge is 2.43. The molecule has 30 heavy (non-hydrogen) atoms. The Kier molecular flexibility index (Phi) is 4.18. The van der Waals surface area contributed by atoms with E-state index < -0.39 is 5.92 Å². The molecule has 1 atom stereocenters. The maximum Gasteiger partial charge on any atom is 0.277 e. The van der Waals surface area contributed by atoms with Gasteiger partial charge in [0.05, 0.1) is 27.4 Å². The van der Waals surface area contributed by atoms with E-state index in [2.05, 4.69) is 10.1 Å². The summed E-state index contributed by atoms with van der Waals surface area (Å²) in [4.78, 5) is 44.7. The van der Waals surface area contributed by atoms with Crippen molar-refractivity contribution in [2.75, 3.05) is 4.90 Å². The standard InChI is InChI=1S/C22H18N4O3S/c1-12-6-5-7-14(10-12)25-18(27)11-15(20(25)28)19-13(2)24-26(21(19)29)22-23-16-8-3-4-9-17(16)30-22/h3-10,15,24H,11H2,1-2H3/t15-/m0/s1. The molecule has 1 aliphatic rings. The lowest BCUT2D eigenvalue weighted by Gasteiger charge is -2.15. The first-order valence-electron chi connectivity index (χ1n) is 9.55. The van der Waals surface area contributed by atoms with Crippen LogP contribution in [0.4, 0.5) is 5.69 Å². The van der Waals surface area contributed by atoms with Crippen molar-refractivity contribution in [2.45, 2.75) is 26.2 Å². The Bertz CT molecular complexity index is 1350. The summed E-state index contributed by atoms with van der Waals surface area (Å²) in [6.45, 7) is 3.65. The highest BCUT2D eigenvalue weighted by molar-refractivity contribution is 7.20. The molecule has 8 heteroatoms. The van der Waals surface area contributed by atoms with Gasteiger partial charge in [0, 0.05) is 12.1 Å². The minimum atomic E-state index is -0.808. The molecule has 1 aliphatic heterocycles. The van der Waals surface area contributed by atoms with E-state index in [1.165, 1.54) is 20.9 Å². The van der Waals surface area contributed by atoms with E-state index in [1.54, 1.807) is 25.1 Å². The molecule has 2 aromatic carbocycles. The number of fused-ring (bicyclic) bond motifs is 1. The van der Waals surface area contributed by atoms with Crippen LogP contribution < -0.4 is 10.5 Å². The molecule has 0 aliphatic carbocycles. The minimum Gasteiger partial charge on any atom is -0.293 e. The van der Waals surface area contributed by atoms with Gasteiger partial charge in [0.1, 0.15) is 0 Å². The van der Waals surface area contributed by atoms with E-state index in [0.717, 1.165) is 15.8 Å². The molecule has 0 bridgehead atoms. The van der Waals surface area contributed by atoms with Gasteiger partial charge in [-0.15, -0.1) is 0 Å². The van der Waals surface area contributed by atoms with E-state index in [1.807, 2.05) is 37.3 Å². The molecule has 0 spiro atoms. The van der Waals surface area contributed by atoms with Gasteiger partial charge < -0.3 is 0 Å². The number of carbonyl (C=O) groups is 2. The lowest BCUT2D eigenvalue weighted by atomic mass is 9.98. The van der Waals surface area contributed by atoms with Crippen molar-refractivity contribution in [1.29, 1.82) is 0 Å². The highest BCUT2D eigenvalue weighted by Crippen LogP contribution is 2.34. The topological polar surface area (TPSA) is 88.1 Å². The van der Waals surface area contributed by atoms with Crippen molar-refractivity contribution in [3.8, 4) is 5.13 Å². The maximum absolute atomic E-state index is 13.2. The number of hydrogen-bond donors (Lipinski definition) is 1. The number of nitrogens with zero attached hydrogens (tertiary/aromatic N) is 3. The zero-order valence-electron chi connectivity index (χ0n) is 16.4. The van der Waals surface area contributed by atoms with Gasteiger partial charge in [-0.05, 0) is 43.7 Å². The molecule has 2 aromatic heterocycles. The first-order valence-corrected chi connectivity index (χ1v) is 10.4. The zero-order chi connectivity index (χ0) is 21.0. The second kappa shape index (κ2) is 6.77. The first-order chi connectivity index (χ1) is 14.4. The van der Waals surface area contributed by atoms with Crippen LogP contribution in [-0.4, -0.2) is 26.6 Å². The van der Waals surface area contributed by atoms with Crippen molar-refractivity contribution < 1.29 is 9.59 Å². The van der Waals surface area contributed by atoms with Crippen LogP contribution in [0.1, 0.15) is 29.2 Å². The van der Waals surface area contributed by atoms with Gasteiger partial charge in [-0.3, -0.25) is 19.5 Å². The predicted octanol–water partition coefficient (Wildman–Crippen LogP) is 3.44. The Morgan fingerprint density at radius 1 is 1.07 bits per heavy atom. The Morgan fingerprint density at radius 2 is 1.87 bits per heavy atom. The Morgan fingerprint density at radius 3 is 2.63 bits per heavy atom. The number of carbonyl (C=O) groups excluding carboxylic acids is 2. The largest absolute Gasteiger partial charge is 0.293 e. The van der Waals surface area contributed by atoms with Crippen LogP contribution in [0.3, 0.4) is 0 Å². The average molecular weight is 418 g/mol. The summed E-state index contributed by atoms with van der Waals surface area (Å²) in [6, 6.07) is 14.9. The van der Waals surface area contributed by atoms with Crippen LogP contribution in [0.15, 0.2) is 53.3 Å². The molecule has 150 valence electrons. The number of rotatable bonds is 3. The van der Waals surface area contributed by atoms with Crippen molar-refractivity contribution >= 4 is 39.1 Å². The van der Waals surface area contributed by atoms with Crippen molar-refractivity contribution in [3.05, 3.63) is 75.7 Å². The molecule has 3 heterocycles. The lowest BCUT2D eigenvalue weighted by Crippen LogP contribution is -2.31. The Labute approximate surface area is 175 Å². The second-order valence-corrected chi connectivity index (χ2v) is 8.43. The number of para-hydroxylation sites is 1. The fraction of sp³-hybridized carbons (Fsp3) is 0.182. The highest BCUT2D eigenvalue weighted by atomic mass is 32.1. The van der Waals surface area contributed by atoms with E-state index in [-0.39, 0.29) is 23.8 Å². The summed E-state index contributed by atoms with van der Waals surface area (Å²) in [5.41, 5.74) is 2.83. The number of thiazole rings is 1. The molecule has 1 fully saturated rings. The molecule has 1 saturated heterocycles. The van der Waals surface area contributed by atoms with E-state index in [4.69, 9.17) is 0 Å². The molecule has 1 N–H and O–H groups in total. The molecule has 5 rings (SSSR count). The number of aryl methyl sites for hydroxylation is 2. The number of amides is 2. The molecule has 0 saturated carbocycles. The van der Waals surface area contributed by atoms with Gasteiger partial charge >= 0.3 is 0 Å². The first kappa shape index (κ1) is 18.5. The summed E-state index contributed by atoms with van der Waals surface area (Å²) < 4.78 is 2.33. The molecular formula is C22H18N4O3S. The molecular weight excluding hydrogens is 400 g/mol. The van der Waals surface area contributed by atoms with Gasteiger partial charge in [0.15, 0.2) is 0 Å². The van der Waals surface area contributed by atoms with Crippen LogP contribution in [0, 0.1) is 13.8 Å². The van der Waals surface area contributed by atoms with Gasteiger partial charge in [-0.2, -0.15) is 4.68 Å². The van der Waals surface area contributed by atoms with E-state index >= 15 is 0 Å². The Hall–Kier alpha value is -3.52. The van der Waals surface area contributed by atoms with Crippen molar-refractivity contribution in [3.63, 3.8) is 0 Å². The summed E-state index contributed by atoms with van der Waals surface area (Å²) >= 11 is 1.39. The van der Waals surface area contributed by atoms with Gasteiger partial charge in [0.25, 0.3) is 5.56 Å². The number of anilines is 1. The minimum absolute atomic E-state index is 0.0272. The quantitative estimate of drug-likeness (QED) is 0.516.